The number of nitrogens with zero attached hydrogens (tertiary/aromatic N) is 6. The van der Waals surface area contributed by atoms with Crippen molar-refractivity contribution in [1.82, 2.24) is 14.7 Å². The lowest BCUT2D eigenvalue weighted by molar-refractivity contribution is 0.0559. The largest absolute Gasteiger partial charge is 0.465 e. The summed E-state index contributed by atoms with van der Waals surface area (Å²) in [6.45, 7) is 19.7. The van der Waals surface area contributed by atoms with Gasteiger partial charge in [-0.05, 0) is 85.0 Å². The van der Waals surface area contributed by atoms with Crippen LogP contribution in [0.1, 0.15) is 78.2 Å². The quantitative estimate of drug-likeness (QED) is 0.214. The van der Waals surface area contributed by atoms with E-state index in [1.54, 1.807) is 0 Å². The molecule has 3 aromatic carbocycles. The molecular formula is C42H56N6O4. The Kier molecular flexibility index (Phi) is 12.5. The minimum atomic E-state index is -0.981. The molecular weight excluding hydrogens is 653 g/mol. The van der Waals surface area contributed by atoms with Crippen LogP contribution in [0.5, 0.6) is 0 Å². The van der Waals surface area contributed by atoms with Crippen LogP contribution in [0.15, 0.2) is 60.7 Å². The van der Waals surface area contributed by atoms with E-state index in [0.29, 0.717) is 38.2 Å². The van der Waals surface area contributed by atoms with Crippen LogP contribution in [0.3, 0.4) is 0 Å². The molecule has 1 unspecified atom stereocenters. The molecule has 10 nitrogen and oxygen atoms in total. The smallest absolute Gasteiger partial charge is 0.409 e. The van der Waals surface area contributed by atoms with E-state index in [9.17, 15) is 20.0 Å². The average Bonchev–Trinajstić information content (AvgIpc) is 3.12. The van der Waals surface area contributed by atoms with Crippen molar-refractivity contribution in [2.24, 2.45) is 5.41 Å². The van der Waals surface area contributed by atoms with Gasteiger partial charge in [-0.2, -0.15) is 5.26 Å². The van der Waals surface area contributed by atoms with E-state index >= 15 is 0 Å². The minimum Gasteiger partial charge on any atom is -0.465 e. The monoisotopic (exact) mass is 708 g/mol. The molecule has 278 valence electrons. The van der Waals surface area contributed by atoms with Gasteiger partial charge in [-0.15, -0.1) is 0 Å². The van der Waals surface area contributed by atoms with Crippen LogP contribution in [-0.4, -0.2) is 104 Å². The summed E-state index contributed by atoms with van der Waals surface area (Å²) in [5.41, 5.74) is 8.12. The zero-order valence-electron chi connectivity index (χ0n) is 32.1. The maximum Gasteiger partial charge on any atom is 0.409 e. The van der Waals surface area contributed by atoms with Crippen molar-refractivity contribution in [2.75, 3.05) is 76.0 Å². The molecule has 2 saturated heterocycles. The summed E-state index contributed by atoms with van der Waals surface area (Å²) >= 11 is 0. The Morgan fingerprint density at radius 2 is 1.60 bits per heavy atom. The summed E-state index contributed by atoms with van der Waals surface area (Å²) in [6, 6.07) is 22.9. The van der Waals surface area contributed by atoms with Gasteiger partial charge in [0.05, 0.1) is 11.3 Å². The standard InChI is InChI=1S/C42H56N6O4/c1-30-24-31(2)36(25-34(30)28-44-18-20-45(21-19-44)38-14-10-8-12-33(38)26-43)40(49)48-23-22-46(27-32(48)3)39-15-11-9-13-35(39)37(42(4,5)6)16-17-47(29-52-7)41(50)51/h8-15,24-25,32,37H,16-23,27-29H2,1-7H3,(H,50,51)/t32?,37-/m1/s1. The first-order valence-corrected chi connectivity index (χ1v) is 18.5. The van der Waals surface area contributed by atoms with E-state index in [2.05, 4.69) is 91.8 Å². The summed E-state index contributed by atoms with van der Waals surface area (Å²) in [7, 11) is 1.51. The Balaban J connectivity index is 1.27. The van der Waals surface area contributed by atoms with E-state index in [1.165, 1.54) is 28.7 Å². The van der Waals surface area contributed by atoms with Crippen molar-refractivity contribution in [1.29, 1.82) is 5.26 Å². The molecule has 0 aromatic heterocycles. The third-order valence-corrected chi connectivity index (χ3v) is 10.9. The lowest BCUT2D eigenvalue weighted by atomic mass is 9.74. The number of ether oxygens (including phenoxy) is 1. The van der Waals surface area contributed by atoms with Crippen LogP contribution < -0.4 is 9.80 Å². The maximum absolute atomic E-state index is 14.3. The van der Waals surface area contributed by atoms with Gasteiger partial charge in [-0.1, -0.05) is 57.2 Å². The number of piperazine rings is 2. The third-order valence-electron chi connectivity index (χ3n) is 10.9. The summed E-state index contributed by atoms with van der Waals surface area (Å²) in [5.74, 6) is 0.193. The van der Waals surface area contributed by atoms with Gasteiger partial charge in [0.15, 0.2) is 0 Å². The summed E-state index contributed by atoms with van der Waals surface area (Å²) in [5, 5.41) is 19.3. The Labute approximate surface area is 310 Å². The fraction of sp³-hybridized carbons (Fsp3) is 0.500. The molecule has 3 aromatic rings. The zero-order chi connectivity index (χ0) is 37.6. The topological polar surface area (TPSA) is 104 Å². The molecule has 2 atom stereocenters. The molecule has 0 radical (unpaired) electrons. The van der Waals surface area contributed by atoms with E-state index in [0.717, 1.165) is 55.2 Å². The summed E-state index contributed by atoms with van der Waals surface area (Å²) < 4.78 is 5.15. The van der Waals surface area contributed by atoms with Crippen LogP contribution in [-0.2, 0) is 11.3 Å². The first kappa shape index (κ1) is 38.6. The number of anilines is 2. The fourth-order valence-electron chi connectivity index (χ4n) is 7.94. The molecule has 2 heterocycles. The third kappa shape index (κ3) is 8.88. The van der Waals surface area contributed by atoms with Crippen LogP contribution >= 0.6 is 0 Å². The molecule has 0 aliphatic carbocycles. The molecule has 2 fully saturated rings. The highest BCUT2D eigenvalue weighted by Crippen LogP contribution is 2.42. The SMILES string of the molecule is COCN(CC[C@H](c1ccccc1N1CCN(C(=O)c2cc(CN3CCN(c4ccccc4C#N)CC3)c(C)cc2C)C(C)C1)C(C)(C)C)C(=O)O. The molecule has 52 heavy (non-hydrogen) atoms. The van der Waals surface area contributed by atoms with Crippen LogP contribution in [0.4, 0.5) is 16.2 Å². The van der Waals surface area contributed by atoms with Gasteiger partial charge in [0.2, 0.25) is 0 Å². The van der Waals surface area contributed by atoms with Gasteiger partial charge in [-0.3, -0.25) is 14.6 Å². The van der Waals surface area contributed by atoms with Crippen LogP contribution in [0, 0.1) is 30.6 Å². The highest BCUT2D eigenvalue weighted by molar-refractivity contribution is 5.96. The Hall–Kier alpha value is -4.59. The summed E-state index contributed by atoms with van der Waals surface area (Å²) in [6.07, 6.45) is -0.310. The zero-order valence-corrected chi connectivity index (χ0v) is 32.1. The van der Waals surface area contributed by atoms with E-state index in [-0.39, 0.29) is 30.0 Å². The number of benzene rings is 3. The lowest BCUT2D eigenvalue weighted by Gasteiger charge is -2.43. The van der Waals surface area contributed by atoms with Gasteiger partial charge in [-0.25, -0.2) is 4.79 Å². The minimum absolute atomic E-state index is 0.000108. The summed E-state index contributed by atoms with van der Waals surface area (Å²) in [4.78, 5) is 36.6. The van der Waals surface area contributed by atoms with Crippen molar-refractivity contribution >= 4 is 23.4 Å². The highest BCUT2D eigenvalue weighted by Gasteiger charge is 2.34. The van der Waals surface area contributed by atoms with Crippen molar-refractivity contribution in [3.05, 3.63) is 94.0 Å². The number of carboxylic acid groups (broad SMARTS) is 1. The van der Waals surface area contributed by atoms with Crippen molar-refractivity contribution in [2.45, 2.75) is 66.5 Å². The van der Waals surface area contributed by atoms with E-state index in [1.807, 2.05) is 36.1 Å². The van der Waals surface area contributed by atoms with Gasteiger partial charge in [0.25, 0.3) is 5.91 Å². The Bertz CT molecular complexity index is 1760. The number of carbonyl (C=O) groups excluding carboxylic acids is 1. The number of para-hydroxylation sites is 2. The number of amides is 2. The molecule has 2 aliphatic rings. The Morgan fingerprint density at radius 3 is 2.23 bits per heavy atom. The number of nitriles is 1. The van der Waals surface area contributed by atoms with Crippen molar-refractivity contribution < 1.29 is 19.4 Å². The molecule has 1 N–H and O–H groups in total. The molecule has 5 rings (SSSR count). The van der Waals surface area contributed by atoms with Crippen molar-refractivity contribution in [3.8, 4) is 6.07 Å². The van der Waals surface area contributed by atoms with Gasteiger partial charge in [0, 0.05) is 83.3 Å². The van der Waals surface area contributed by atoms with E-state index < -0.39 is 6.09 Å². The molecule has 10 heteroatoms. The normalized spacial score (nSPS) is 17.5. The second kappa shape index (κ2) is 16.8. The Morgan fingerprint density at radius 1 is 0.942 bits per heavy atom. The van der Waals surface area contributed by atoms with Crippen LogP contribution in [0.2, 0.25) is 0 Å². The number of rotatable bonds is 11. The fourth-order valence-corrected chi connectivity index (χ4v) is 7.94. The molecule has 0 spiro atoms. The molecule has 2 amide bonds. The first-order valence-electron chi connectivity index (χ1n) is 18.5. The molecule has 0 bridgehead atoms. The maximum atomic E-state index is 14.3. The first-order chi connectivity index (χ1) is 24.8. The van der Waals surface area contributed by atoms with Crippen LogP contribution in [0.25, 0.3) is 0 Å². The predicted molar refractivity (Wildman–Crippen MR) is 207 cm³/mol. The number of carbonyl (C=O) groups is 2. The van der Waals surface area contributed by atoms with Crippen molar-refractivity contribution in [3.63, 3.8) is 0 Å². The molecule has 0 saturated carbocycles. The highest BCUT2D eigenvalue weighted by atomic mass is 16.5. The second-order valence-electron chi connectivity index (χ2n) is 15.5. The van der Waals surface area contributed by atoms with Gasteiger partial charge in [0.1, 0.15) is 12.8 Å². The number of hydrogen-bond donors (Lipinski definition) is 1. The second-order valence-corrected chi connectivity index (χ2v) is 15.5. The average molecular weight is 709 g/mol. The molecule has 2 aliphatic heterocycles. The predicted octanol–water partition coefficient (Wildman–Crippen LogP) is 6.95. The lowest BCUT2D eigenvalue weighted by Crippen LogP contribution is -2.54. The van der Waals surface area contributed by atoms with Gasteiger partial charge >= 0.3 is 6.09 Å². The number of hydrogen-bond acceptors (Lipinski definition) is 7. The number of aryl methyl sites for hydroxylation is 2. The van der Waals surface area contributed by atoms with E-state index in [4.69, 9.17) is 4.74 Å². The van der Waals surface area contributed by atoms with Gasteiger partial charge < -0.3 is 24.5 Å². The number of methoxy groups -OCH3 is 1.